The summed E-state index contributed by atoms with van der Waals surface area (Å²) in [6.07, 6.45) is 4.74. The van der Waals surface area contributed by atoms with Crippen LogP contribution in [0.4, 0.5) is 5.69 Å². The zero-order valence-electron chi connectivity index (χ0n) is 16.6. The van der Waals surface area contributed by atoms with Crippen LogP contribution in [0.5, 0.6) is 0 Å². The molecule has 156 valence electrons. The molecule has 2 rings (SSSR count). The van der Waals surface area contributed by atoms with Gasteiger partial charge < -0.3 is 0 Å². The Bertz CT molecular complexity index is 854. The van der Waals surface area contributed by atoms with Crippen molar-refractivity contribution >= 4 is 50.5 Å². The fourth-order valence-electron chi connectivity index (χ4n) is 3.29. The third-order valence-electron chi connectivity index (χ3n) is 4.99. The molecule has 1 amide bonds. The van der Waals surface area contributed by atoms with Crippen molar-refractivity contribution in [1.29, 1.82) is 0 Å². The predicted molar refractivity (Wildman–Crippen MR) is 116 cm³/mol. The first-order chi connectivity index (χ1) is 12.9. The molecule has 1 aliphatic rings. The monoisotopic (exact) mass is 447 g/mol. The normalized spacial score (nSPS) is 17.9. The van der Waals surface area contributed by atoms with E-state index in [1.165, 1.54) is 12.1 Å². The van der Waals surface area contributed by atoms with Gasteiger partial charge in [-0.05, 0) is 55.2 Å². The maximum Gasteiger partial charge on any atom is 0.260 e. The Morgan fingerprint density at radius 3 is 2.39 bits per heavy atom. The van der Waals surface area contributed by atoms with Gasteiger partial charge in [-0.25, -0.2) is 13.8 Å². The zero-order valence-corrected chi connectivity index (χ0v) is 19.0. The summed E-state index contributed by atoms with van der Waals surface area (Å²) in [4.78, 5) is 12.3. The molecule has 0 aromatic heterocycles. The third kappa shape index (κ3) is 6.36. The molecular formula is C19H27Cl2N3O3S. The Labute approximate surface area is 177 Å². The average Bonchev–Trinajstić information content (AvgIpc) is 2.59. The first-order valence-electron chi connectivity index (χ1n) is 9.15. The number of carbonyl (C=O) groups is 1. The van der Waals surface area contributed by atoms with E-state index in [-0.39, 0.29) is 16.1 Å². The van der Waals surface area contributed by atoms with E-state index in [0.29, 0.717) is 10.9 Å². The zero-order chi connectivity index (χ0) is 21.1. The molecule has 1 fully saturated rings. The quantitative estimate of drug-likeness (QED) is 0.676. The minimum atomic E-state index is -3.74. The van der Waals surface area contributed by atoms with Gasteiger partial charge >= 0.3 is 0 Å². The van der Waals surface area contributed by atoms with Crippen LogP contribution in [0.1, 0.15) is 46.5 Å². The molecule has 1 N–H and O–H groups in total. The Morgan fingerprint density at radius 2 is 1.86 bits per heavy atom. The van der Waals surface area contributed by atoms with Gasteiger partial charge in [-0.2, -0.15) is 5.10 Å². The van der Waals surface area contributed by atoms with E-state index < -0.39 is 22.5 Å². The molecule has 0 spiro atoms. The molecule has 1 saturated carbocycles. The van der Waals surface area contributed by atoms with Crippen molar-refractivity contribution in [3.63, 3.8) is 0 Å². The van der Waals surface area contributed by atoms with Gasteiger partial charge in [-0.3, -0.25) is 9.10 Å². The first-order valence-corrected chi connectivity index (χ1v) is 11.8. The maximum absolute atomic E-state index is 12.3. The lowest BCUT2D eigenvalue weighted by Gasteiger charge is -2.34. The number of rotatable bonds is 5. The van der Waals surface area contributed by atoms with Gasteiger partial charge in [-0.1, -0.05) is 44.0 Å². The van der Waals surface area contributed by atoms with Crippen LogP contribution in [-0.4, -0.2) is 32.8 Å². The number of nitrogens with one attached hydrogen (secondary N) is 1. The largest absolute Gasteiger partial charge is 0.271 e. The summed E-state index contributed by atoms with van der Waals surface area (Å²) in [5, 5.41) is 4.72. The van der Waals surface area contributed by atoms with Crippen molar-refractivity contribution in [3.8, 4) is 0 Å². The molecule has 9 heteroatoms. The van der Waals surface area contributed by atoms with Crippen molar-refractivity contribution in [1.82, 2.24) is 5.43 Å². The van der Waals surface area contributed by atoms with Crippen LogP contribution in [0, 0.1) is 11.3 Å². The van der Waals surface area contributed by atoms with Crippen molar-refractivity contribution in [3.05, 3.63) is 28.2 Å². The molecule has 1 aromatic rings. The molecule has 28 heavy (non-hydrogen) atoms. The van der Waals surface area contributed by atoms with Crippen LogP contribution in [0.25, 0.3) is 0 Å². The molecule has 0 atom stereocenters. The molecule has 0 unspecified atom stereocenters. The smallest absolute Gasteiger partial charge is 0.260 e. The Kier molecular flexibility index (Phi) is 7.39. The van der Waals surface area contributed by atoms with Crippen LogP contribution in [0.15, 0.2) is 23.3 Å². The Morgan fingerprint density at radius 1 is 1.25 bits per heavy atom. The van der Waals surface area contributed by atoms with E-state index in [1.54, 1.807) is 6.07 Å². The van der Waals surface area contributed by atoms with Crippen molar-refractivity contribution in [2.75, 3.05) is 17.1 Å². The van der Waals surface area contributed by atoms with Gasteiger partial charge in [0.15, 0.2) is 0 Å². The number of benzene rings is 1. The average molecular weight is 448 g/mol. The van der Waals surface area contributed by atoms with Gasteiger partial charge in [0.05, 0.1) is 17.0 Å². The van der Waals surface area contributed by atoms with E-state index in [2.05, 4.69) is 31.3 Å². The van der Waals surface area contributed by atoms with Gasteiger partial charge in [0, 0.05) is 10.7 Å². The summed E-state index contributed by atoms with van der Waals surface area (Å²) in [5.41, 5.74) is 3.83. The second-order valence-electron chi connectivity index (χ2n) is 8.22. The van der Waals surface area contributed by atoms with E-state index in [0.717, 1.165) is 42.0 Å². The lowest BCUT2D eigenvalue weighted by molar-refractivity contribution is -0.119. The van der Waals surface area contributed by atoms with Crippen molar-refractivity contribution in [2.45, 2.75) is 46.5 Å². The number of sulfonamides is 1. The van der Waals surface area contributed by atoms with Crippen LogP contribution in [0.2, 0.25) is 10.0 Å². The van der Waals surface area contributed by atoms with Gasteiger partial charge in [0.2, 0.25) is 10.0 Å². The molecule has 6 nitrogen and oxygen atoms in total. The highest BCUT2D eigenvalue weighted by Crippen LogP contribution is 2.36. The van der Waals surface area contributed by atoms with Gasteiger partial charge in [-0.15, -0.1) is 0 Å². The van der Waals surface area contributed by atoms with E-state index in [4.69, 9.17) is 23.2 Å². The predicted octanol–water partition coefficient (Wildman–Crippen LogP) is 4.47. The number of nitrogens with zero attached hydrogens (tertiary/aromatic N) is 2. The molecule has 1 aromatic carbocycles. The summed E-state index contributed by atoms with van der Waals surface area (Å²) < 4.78 is 25.3. The summed E-state index contributed by atoms with van der Waals surface area (Å²) >= 11 is 12.1. The second kappa shape index (κ2) is 9.01. The second-order valence-corrected chi connectivity index (χ2v) is 11.0. The minimum Gasteiger partial charge on any atom is -0.271 e. The SMILES string of the molecule is CC(C)(C)C1CCC(=NNC(=O)CN(c2cc(Cl)ccc2Cl)S(C)(=O)=O)CC1. The van der Waals surface area contributed by atoms with E-state index in [1.807, 2.05) is 0 Å². The summed E-state index contributed by atoms with van der Waals surface area (Å²) in [6.45, 7) is 6.28. The van der Waals surface area contributed by atoms with Crippen LogP contribution < -0.4 is 9.73 Å². The number of carbonyl (C=O) groups excluding carboxylic acids is 1. The van der Waals surface area contributed by atoms with Crippen LogP contribution >= 0.6 is 23.2 Å². The molecular weight excluding hydrogens is 421 g/mol. The first kappa shape index (κ1) is 23.0. The van der Waals surface area contributed by atoms with Crippen LogP contribution in [-0.2, 0) is 14.8 Å². The fraction of sp³-hybridized carbons (Fsp3) is 0.579. The number of hydrogen-bond acceptors (Lipinski definition) is 4. The highest BCUT2D eigenvalue weighted by Gasteiger charge is 2.28. The number of hydrogen-bond donors (Lipinski definition) is 1. The Balaban J connectivity index is 2.05. The van der Waals surface area contributed by atoms with Crippen molar-refractivity contribution in [2.24, 2.45) is 16.4 Å². The van der Waals surface area contributed by atoms with E-state index >= 15 is 0 Å². The molecule has 0 radical (unpaired) electrons. The number of anilines is 1. The molecule has 0 bridgehead atoms. The fourth-order valence-corrected chi connectivity index (χ4v) is 4.59. The van der Waals surface area contributed by atoms with E-state index in [9.17, 15) is 13.2 Å². The number of hydrazone groups is 1. The molecule has 0 saturated heterocycles. The highest BCUT2D eigenvalue weighted by molar-refractivity contribution is 7.92. The summed E-state index contributed by atoms with van der Waals surface area (Å²) in [5.74, 6) is 0.0970. The number of amides is 1. The third-order valence-corrected chi connectivity index (χ3v) is 6.67. The number of halogens is 2. The summed E-state index contributed by atoms with van der Waals surface area (Å²) in [6, 6.07) is 4.45. The maximum atomic E-state index is 12.3. The lowest BCUT2D eigenvalue weighted by Crippen LogP contribution is -2.39. The standard InChI is InChI=1S/C19H27Cl2N3O3S/c1-19(2,3)13-5-8-15(9-6-13)22-23-18(25)12-24(28(4,26)27)17-11-14(20)7-10-16(17)21/h7,10-11,13H,5-6,8-9,12H2,1-4H3,(H,23,25). The Hall–Kier alpha value is -1.31. The van der Waals surface area contributed by atoms with Crippen molar-refractivity contribution < 1.29 is 13.2 Å². The lowest BCUT2D eigenvalue weighted by atomic mass is 9.72. The minimum absolute atomic E-state index is 0.158. The summed E-state index contributed by atoms with van der Waals surface area (Å²) in [7, 11) is -3.74. The molecule has 0 aliphatic heterocycles. The molecule has 0 heterocycles. The van der Waals surface area contributed by atoms with Gasteiger partial charge in [0.1, 0.15) is 6.54 Å². The van der Waals surface area contributed by atoms with Gasteiger partial charge in [0.25, 0.3) is 5.91 Å². The highest BCUT2D eigenvalue weighted by atomic mass is 35.5. The topological polar surface area (TPSA) is 78.8 Å². The van der Waals surface area contributed by atoms with Crippen LogP contribution in [0.3, 0.4) is 0 Å². The molecule has 1 aliphatic carbocycles.